The molecule has 3 aromatic carbocycles. The van der Waals surface area contributed by atoms with Crippen molar-refractivity contribution in [1.82, 2.24) is 4.90 Å². The van der Waals surface area contributed by atoms with Crippen LogP contribution in [0.3, 0.4) is 0 Å². The Morgan fingerprint density at radius 2 is 1.57 bits per heavy atom. The lowest BCUT2D eigenvalue weighted by atomic mass is 9.90. The predicted octanol–water partition coefficient (Wildman–Crippen LogP) is 5.41. The van der Waals surface area contributed by atoms with Crippen LogP contribution in [-0.2, 0) is 6.54 Å². The number of nitrogens with zero attached hydrogens (tertiary/aromatic N) is 1. The highest BCUT2D eigenvalue weighted by Crippen LogP contribution is 2.34. The van der Waals surface area contributed by atoms with E-state index in [9.17, 15) is 0 Å². The summed E-state index contributed by atoms with van der Waals surface area (Å²) in [5.74, 6) is 0. The highest BCUT2D eigenvalue weighted by molar-refractivity contribution is 5.99. The zero-order chi connectivity index (χ0) is 15.6. The van der Waals surface area contributed by atoms with E-state index in [0.717, 1.165) is 6.54 Å². The van der Waals surface area contributed by atoms with Crippen molar-refractivity contribution in [2.45, 2.75) is 26.3 Å². The first kappa shape index (κ1) is 14.5. The Hall–Kier alpha value is -2.12. The van der Waals surface area contributed by atoms with E-state index < -0.39 is 0 Å². The van der Waals surface area contributed by atoms with Crippen LogP contribution in [0.5, 0.6) is 0 Å². The van der Waals surface area contributed by atoms with Gasteiger partial charge in [-0.05, 0) is 71.9 Å². The lowest BCUT2D eigenvalue weighted by Gasteiger charge is -2.20. The topological polar surface area (TPSA) is 3.24 Å². The van der Waals surface area contributed by atoms with Crippen LogP contribution in [0, 0.1) is 6.92 Å². The van der Waals surface area contributed by atoms with Gasteiger partial charge in [0.1, 0.15) is 0 Å². The second-order valence-corrected chi connectivity index (χ2v) is 6.61. The van der Waals surface area contributed by atoms with E-state index in [1.165, 1.54) is 59.0 Å². The molecular weight excluding hydrogens is 278 g/mol. The molecule has 0 bridgehead atoms. The summed E-state index contributed by atoms with van der Waals surface area (Å²) >= 11 is 0. The molecule has 0 spiro atoms. The van der Waals surface area contributed by atoms with Crippen LogP contribution in [0.2, 0.25) is 0 Å². The summed E-state index contributed by atoms with van der Waals surface area (Å²) in [5.41, 5.74) is 5.63. The van der Waals surface area contributed by atoms with Gasteiger partial charge in [0, 0.05) is 6.54 Å². The average molecular weight is 301 g/mol. The third-order valence-corrected chi connectivity index (χ3v) is 5.07. The third kappa shape index (κ3) is 2.77. The fourth-order valence-electron chi connectivity index (χ4n) is 3.83. The molecule has 4 rings (SSSR count). The highest BCUT2D eigenvalue weighted by Gasteiger charge is 2.16. The van der Waals surface area contributed by atoms with Crippen LogP contribution < -0.4 is 0 Å². The first-order chi connectivity index (χ1) is 11.3. The van der Waals surface area contributed by atoms with Gasteiger partial charge >= 0.3 is 0 Å². The van der Waals surface area contributed by atoms with Crippen LogP contribution in [0.15, 0.2) is 60.7 Å². The first-order valence-electron chi connectivity index (χ1n) is 8.62. The van der Waals surface area contributed by atoms with Gasteiger partial charge in [-0.2, -0.15) is 0 Å². The van der Waals surface area contributed by atoms with Crippen molar-refractivity contribution in [3.63, 3.8) is 0 Å². The Morgan fingerprint density at radius 1 is 0.870 bits per heavy atom. The van der Waals surface area contributed by atoms with Gasteiger partial charge in [-0.3, -0.25) is 4.90 Å². The van der Waals surface area contributed by atoms with Crippen molar-refractivity contribution in [3.8, 4) is 11.1 Å². The monoisotopic (exact) mass is 301 g/mol. The molecule has 1 aliphatic heterocycles. The van der Waals surface area contributed by atoms with Gasteiger partial charge in [-0.1, -0.05) is 54.6 Å². The summed E-state index contributed by atoms with van der Waals surface area (Å²) < 4.78 is 0. The molecule has 1 heterocycles. The predicted molar refractivity (Wildman–Crippen MR) is 98.6 cm³/mol. The normalized spacial score (nSPS) is 15.3. The Labute approximate surface area is 138 Å². The number of hydrogen-bond donors (Lipinski definition) is 0. The summed E-state index contributed by atoms with van der Waals surface area (Å²) in [7, 11) is 0. The molecule has 0 radical (unpaired) electrons. The minimum Gasteiger partial charge on any atom is -0.299 e. The van der Waals surface area contributed by atoms with E-state index in [0.29, 0.717) is 0 Å². The second kappa shape index (κ2) is 6.17. The van der Waals surface area contributed by atoms with E-state index >= 15 is 0 Å². The molecule has 0 aliphatic carbocycles. The maximum Gasteiger partial charge on any atom is 0.0236 e. The smallest absolute Gasteiger partial charge is 0.0236 e. The summed E-state index contributed by atoms with van der Waals surface area (Å²) in [5, 5.41) is 2.72. The molecule has 23 heavy (non-hydrogen) atoms. The van der Waals surface area contributed by atoms with E-state index in [4.69, 9.17) is 0 Å². The van der Waals surface area contributed by atoms with Crippen LogP contribution in [0.25, 0.3) is 21.9 Å². The van der Waals surface area contributed by atoms with Crippen LogP contribution in [0.1, 0.15) is 24.0 Å². The van der Waals surface area contributed by atoms with Crippen molar-refractivity contribution in [2.24, 2.45) is 0 Å². The molecule has 0 unspecified atom stereocenters. The molecule has 0 atom stereocenters. The minimum atomic E-state index is 1.08. The molecular formula is C22H23N. The molecule has 0 N–H and O–H groups in total. The largest absolute Gasteiger partial charge is 0.299 e. The zero-order valence-corrected chi connectivity index (χ0v) is 13.8. The van der Waals surface area contributed by atoms with Gasteiger partial charge in [0.15, 0.2) is 0 Å². The minimum absolute atomic E-state index is 1.08. The molecule has 116 valence electrons. The molecule has 1 saturated heterocycles. The van der Waals surface area contributed by atoms with Gasteiger partial charge in [0.25, 0.3) is 0 Å². The van der Waals surface area contributed by atoms with Gasteiger partial charge in [0.05, 0.1) is 0 Å². The number of likely N-dealkylation sites (tertiary alicyclic amines) is 1. The van der Waals surface area contributed by atoms with Gasteiger partial charge in [0.2, 0.25) is 0 Å². The van der Waals surface area contributed by atoms with E-state index in [1.54, 1.807) is 0 Å². The van der Waals surface area contributed by atoms with E-state index in [-0.39, 0.29) is 0 Å². The third-order valence-electron chi connectivity index (χ3n) is 5.07. The summed E-state index contributed by atoms with van der Waals surface area (Å²) in [4.78, 5) is 2.59. The fourth-order valence-corrected chi connectivity index (χ4v) is 3.83. The van der Waals surface area contributed by atoms with Crippen molar-refractivity contribution in [2.75, 3.05) is 13.1 Å². The van der Waals surface area contributed by atoms with Crippen LogP contribution >= 0.6 is 0 Å². The molecule has 3 aromatic rings. The second-order valence-electron chi connectivity index (χ2n) is 6.61. The maximum absolute atomic E-state index is 2.59. The van der Waals surface area contributed by atoms with Crippen molar-refractivity contribution in [1.29, 1.82) is 0 Å². The summed E-state index contributed by atoms with van der Waals surface area (Å²) in [6.07, 6.45) is 2.69. The molecule has 1 heteroatoms. The highest BCUT2D eigenvalue weighted by atomic mass is 15.1. The molecule has 0 amide bonds. The van der Waals surface area contributed by atoms with Crippen molar-refractivity contribution >= 4 is 10.8 Å². The van der Waals surface area contributed by atoms with Crippen LogP contribution in [0.4, 0.5) is 0 Å². The van der Waals surface area contributed by atoms with E-state index in [2.05, 4.69) is 72.5 Å². The van der Waals surface area contributed by atoms with Gasteiger partial charge in [-0.25, -0.2) is 0 Å². The number of hydrogen-bond acceptors (Lipinski definition) is 1. The maximum atomic E-state index is 2.59. The van der Waals surface area contributed by atoms with Gasteiger partial charge in [-0.15, -0.1) is 0 Å². The number of fused-ring (bicyclic) bond motifs is 1. The SMILES string of the molecule is Cc1c(CN2CCCC2)cc2ccccc2c1-c1ccccc1. The number of benzene rings is 3. The van der Waals surface area contributed by atoms with Crippen molar-refractivity contribution < 1.29 is 0 Å². The Balaban J connectivity index is 1.89. The molecule has 1 nitrogen and oxygen atoms in total. The Morgan fingerprint density at radius 3 is 2.35 bits per heavy atom. The Bertz CT molecular complexity index is 814. The average Bonchev–Trinajstić information content (AvgIpc) is 3.09. The lowest BCUT2D eigenvalue weighted by molar-refractivity contribution is 0.331. The fraction of sp³-hybridized carbons (Fsp3) is 0.273. The Kier molecular flexibility index (Phi) is 3.88. The molecule has 0 saturated carbocycles. The van der Waals surface area contributed by atoms with Gasteiger partial charge < -0.3 is 0 Å². The summed E-state index contributed by atoms with van der Waals surface area (Å²) in [6, 6.07) is 22.0. The molecule has 0 aromatic heterocycles. The quantitative estimate of drug-likeness (QED) is 0.625. The first-order valence-corrected chi connectivity index (χ1v) is 8.62. The standard InChI is InChI=1S/C22H23N/c1-17-20(16-23-13-7-8-14-23)15-19-11-5-6-12-21(19)22(17)18-9-3-2-4-10-18/h2-6,9-12,15H,7-8,13-14,16H2,1H3. The summed E-state index contributed by atoms with van der Waals surface area (Å²) in [6.45, 7) is 5.86. The lowest BCUT2D eigenvalue weighted by Crippen LogP contribution is -2.19. The number of rotatable bonds is 3. The van der Waals surface area contributed by atoms with E-state index in [1.807, 2.05) is 0 Å². The molecule has 1 fully saturated rings. The molecule has 1 aliphatic rings. The van der Waals surface area contributed by atoms with Crippen molar-refractivity contribution in [3.05, 3.63) is 71.8 Å². The van der Waals surface area contributed by atoms with Crippen LogP contribution in [-0.4, -0.2) is 18.0 Å². The zero-order valence-electron chi connectivity index (χ0n) is 13.8.